The van der Waals surface area contributed by atoms with Gasteiger partial charge in [0, 0.05) is 36.3 Å². The number of piperidine rings is 1. The van der Waals surface area contributed by atoms with Crippen LogP contribution in [-0.2, 0) is 20.6 Å². The van der Waals surface area contributed by atoms with Crippen LogP contribution >= 0.6 is 0 Å². The number of anilines is 1. The van der Waals surface area contributed by atoms with Crippen molar-refractivity contribution < 1.29 is 27.1 Å². The van der Waals surface area contributed by atoms with Crippen molar-refractivity contribution in [3.63, 3.8) is 0 Å². The van der Waals surface area contributed by atoms with Gasteiger partial charge in [-0.3, -0.25) is 4.79 Å². The molecule has 30 heavy (non-hydrogen) atoms. The lowest BCUT2D eigenvalue weighted by Gasteiger charge is -2.30. The van der Waals surface area contributed by atoms with Gasteiger partial charge in [0.2, 0.25) is 15.9 Å². The first kappa shape index (κ1) is 20.6. The van der Waals surface area contributed by atoms with Crippen molar-refractivity contribution in [1.29, 1.82) is 0 Å². The molecule has 1 saturated heterocycles. The molecule has 1 amide bonds. The number of ether oxygens (including phenoxy) is 2. The van der Waals surface area contributed by atoms with E-state index in [0.29, 0.717) is 43.2 Å². The predicted molar refractivity (Wildman–Crippen MR) is 109 cm³/mol. The van der Waals surface area contributed by atoms with Crippen molar-refractivity contribution >= 4 is 21.6 Å². The van der Waals surface area contributed by atoms with Crippen LogP contribution < -0.4 is 14.8 Å². The molecule has 0 spiro atoms. The van der Waals surface area contributed by atoms with Crippen molar-refractivity contribution in [3.05, 3.63) is 53.8 Å². The monoisotopic (exact) mass is 434 g/mol. The number of carbonyl (C=O) groups excluding carboxylic acids is 1. The summed E-state index contributed by atoms with van der Waals surface area (Å²) < 4.78 is 51.4. The van der Waals surface area contributed by atoms with Gasteiger partial charge in [0.05, 0.1) is 5.75 Å². The number of benzene rings is 2. The second-order valence-corrected chi connectivity index (χ2v) is 9.34. The summed E-state index contributed by atoms with van der Waals surface area (Å²) in [6.07, 6.45) is 0.819. The van der Waals surface area contributed by atoms with Crippen LogP contribution in [0.4, 0.5) is 10.1 Å². The Morgan fingerprint density at radius 2 is 1.77 bits per heavy atom. The highest BCUT2D eigenvalue weighted by atomic mass is 32.2. The van der Waals surface area contributed by atoms with Gasteiger partial charge in [0.15, 0.2) is 11.5 Å². The molecule has 0 aromatic heterocycles. The number of halogens is 1. The Morgan fingerprint density at radius 3 is 2.50 bits per heavy atom. The van der Waals surface area contributed by atoms with Gasteiger partial charge in [-0.05, 0) is 31.0 Å². The molecule has 2 aliphatic heterocycles. The molecule has 0 unspecified atom stereocenters. The minimum atomic E-state index is -3.65. The molecule has 2 aliphatic rings. The zero-order valence-electron chi connectivity index (χ0n) is 16.3. The van der Waals surface area contributed by atoms with Gasteiger partial charge in [-0.1, -0.05) is 18.2 Å². The number of fused-ring (bicyclic) bond motifs is 1. The molecular formula is C21H23FN2O5S. The van der Waals surface area contributed by atoms with E-state index in [1.54, 1.807) is 24.3 Å². The third kappa shape index (κ3) is 4.57. The van der Waals surface area contributed by atoms with Crippen LogP contribution in [0.3, 0.4) is 0 Å². The fourth-order valence-electron chi connectivity index (χ4n) is 3.66. The molecule has 2 heterocycles. The molecule has 1 fully saturated rings. The van der Waals surface area contributed by atoms with Crippen LogP contribution in [0.25, 0.3) is 0 Å². The van der Waals surface area contributed by atoms with Gasteiger partial charge in [-0.2, -0.15) is 0 Å². The van der Waals surface area contributed by atoms with E-state index in [-0.39, 0.29) is 36.2 Å². The zero-order chi connectivity index (χ0) is 21.1. The van der Waals surface area contributed by atoms with Crippen molar-refractivity contribution in [3.8, 4) is 11.5 Å². The van der Waals surface area contributed by atoms with Crippen molar-refractivity contribution in [2.24, 2.45) is 5.92 Å². The van der Waals surface area contributed by atoms with Crippen LogP contribution in [0.15, 0.2) is 42.5 Å². The second kappa shape index (κ2) is 8.61. The second-order valence-electron chi connectivity index (χ2n) is 7.37. The van der Waals surface area contributed by atoms with E-state index >= 15 is 0 Å². The number of hydrogen-bond donors (Lipinski definition) is 1. The Bertz CT molecular complexity index is 1040. The quantitative estimate of drug-likeness (QED) is 0.782. The van der Waals surface area contributed by atoms with Gasteiger partial charge in [0.1, 0.15) is 19.0 Å². The molecule has 160 valence electrons. The van der Waals surface area contributed by atoms with Crippen LogP contribution in [0.5, 0.6) is 11.5 Å². The van der Waals surface area contributed by atoms with Crippen LogP contribution in [-0.4, -0.2) is 44.9 Å². The first-order chi connectivity index (χ1) is 14.4. The van der Waals surface area contributed by atoms with E-state index in [0.717, 1.165) is 0 Å². The standard InChI is InChI=1S/C21H23FN2O5S/c22-18-4-2-1-3-16(18)14-30(26,27)24-9-7-15(8-10-24)21(25)23-17-5-6-19-20(13-17)29-12-11-28-19/h1-6,13,15H,7-12,14H2,(H,23,25). The lowest BCUT2D eigenvalue weighted by atomic mass is 9.97. The van der Waals surface area contributed by atoms with Gasteiger partial charge in [-0.25, -0.2) is 17.1 Å². The largest absolute Gasteiger partial charge is 0.486 e. The third-order valence-corrected chi connectivity index (χ3v) is 7.15. The molecule has 9 heteroatoms. The highest BCUT2D eigenvalue weighted by molar-refractivity contribution is 7.88. The Kier molecular flexibility index (Phi) is 5.92. The first-order valence-corrected chi connectivity index (χ1v) is 11.4. The van der Waals surface area contributed by atoms with Crippen molar-refractivity contribution in [2.45, 2.75) is 18.6 Å². The number of amides is 1. The molecule has 0 bridgehead atoms. The Morgan fingerprint density at radius 1 is 1.07 bits per heavy atom. The normalized spacial score (nSPS) is 17.5. The fraction of sp³-hybridized carbons (Fsp3) is 0.381. The highest BCUT2D eigenvalue weighted by Crippen LogP contribution is 2.33. The SMILES string of the molecule is O=C(Nc1ccc2c(c1)OCCO2)C1CCN(S(=O)(=O)Cc2ccccc2F)CC1. The molecule has 7 nitrogen and oxygen atoms in total. The predicted octanol–water partition coefficient (Wildman–Crippen LogP) is 2.78. The maximum atomic E-state index is 13.8. The molecular weight excluding hydrogens is 411 g/mol. The van der Waals surface area contributed by atoms with E-state index in [4.69, 9.17) is 9.47 Å². The summed E-state index contributed by atoms with van der Waals surface area (Å²) in [6.45, 7) is 1.42. The highest BCUT2D eigenvalue weighted by Gasteiger charge is 2.31. The minimum absolute atomic E-state index is 0.149. The average Bonchev–Trinajstić information content (AvgIpc) is 2.75. The molecule has 0 radical (unpaired) electrons. The van der Waals surface area contributed by atoms with E-state index in [1.165, 1.54) is 22.5 Å². The van der Waals surface area contributed by atoms with Gasteiger partial charge in [-0.15, -0.1) is 0 Å². The maximum absolute atomic E-state index is 13.8. The van der Waals surface area contributed by atoms with Crippen molar-refractivity contribution in [2.75, 3.05) is 31.6 Å². The van der Waals surface area contributed by atoms with Crippen LogP contribution in [0, 0.1) is 11.7 Å². The number of nitrogens with one attached hydrogen (secondary N) is 1. The van der Waals surface area contributed by atoms with Gasteiger partial charge >= 0.3 is 0 Å². The number of carbonyl (C=O) groups is 1. The number of hydrogen-bond acceptors (Lipinski definition) is 5. The Labute approximate surface area is 174 Å². The summed E-state index contributed by atoms with van der Waals surface area (Å²) in [5.74, 6) is -0.125. The summed E-state index contributed by atoms with van der Waals surface area (Å²) in [7, 11) is -3.65. The minimum Gasteiger partial charge on any atom is -0.486 e. The van der Waals surface area contributed by atoms with E-state index in [2.05, 4.69) is 5.32 Å². The maximum Gasteiger partial charge on any atom is 0.227 e. The molecule has 4 rings (SSSR count). The van der Waals surface area contributed by atoms with E-state index in [1.807, 2.05) is 0 Å². The van der Waals surface area contributed by atoms with Crippen LogP contribution in [0.1, 0.15) is 18.4 Å². The third-order valence-electron chi connectivity index (χ3n) is 5.32. The number of nitrogens with zero attached hydrogens (tertiary/aromatic N) is 1. The Balaban J connectivity index is 1.34. The van der Waals surface area contributed by atoms with Gasteiger partial charge in [0.25, 0.3) is 0 Å². The topological polar surface area (TPSA) is 84.9 Å². The molecule has 0 atom stereocenters. The fourth-order valence-corrected chi connectivity index (χ4v) is 5.24. The summed E-state index contributed by atoms with van der Waals surface area (Å²) in [6, 6.07) is 11.1. The smallest absolute Gasteiger partial charge is 0.227 e. The molecule has 0 aliphatic carbocycles. The van der Waals surface area contributed by atoms with E-state index < -0.39 is 15.8 Å². The summed E-state index contributed by atoms with van der Waals surface area (Å²) >= 11 is 0. The lowest BCUT2D eigenvalue weighted by Crippen LogP contribution is -2.42. The van der Waals surface area contributed by atoms with E-state index in [9.17, 15) is 17.6 Å². The van der Waals surface area contributed by atoms with Crippen molar-refractivity contribution in [1.82, 2.24) is 4.31 Å². The lowest BCUT2D eigenvalue weighted by molar-refractivity contribution is -0.120. The van der Waals surface area contributed by atoms with Crippen LogP contribution in [0.2, 0.25) is 0 Å². The number of rotatable bonds is 5. The zero-order valence-corrected chi connectivity index (χ0v) is 17.2. The molecule has 1 N–H and O–H groups in total. The summed E-state index contributed by atoms with van der Waals surface area (Å²) in [5.41, 5.74) is 0.759. The summed E-state index contributed by atoms with van der Waals surface area (Å²) in [5, 5.41) is 2.87. The van der Waals surface area contributed by atoms with Gasteiger partial charge < -0.3 is 14.8 Å². The molecule has 2 aromatic carbocycles. The number of sulfonamides is 1. The summed E-state index contributed by atoms with van der Waals surface area (Å²) in [4.78, 5) is 12.6. The average molecular weight is 434 g/mol. The Hall–Kier alpha value is -2.65. The first-order valence-electron chi connectivity index (χ1n) is 9.84. The molecule has 2 aromatic rings. The molecule has 0 saturated carbocycles.